The molecule has 15 rings (SSSR count). The molecule has 0 saturated heterocycles. The van der Waals surface area contributed by atoms with Crippen molar-refractivity contribution in [2.24, 2.45) is 0 Å². The van der Waals surface area contributed by atoms with Crippen molar-refractivity contribution in [2.75, 3.05) is 4.90 Å². The molecule has 12 aromatic carbocycles. The quantitative estimate of drug-likeness (QED) is 0.130. The van der Waals surface area contributed by atoms with Crippen molar-refractivity contribution in [2.45, 2.75) is 18.5 Å². The summed E-state index contributed by atoms with van der Waals surface area (Å²) in [5.74, 6) is 0. The van der Waals surface area contributed by atoms with E-state index in [4.69, 9.17) is 0 Å². The summed E-state index contributed by atoms with van der Waals surface area (Å²) >= 11 is 0. The molecule has 3 heteroatoms. The van der Waals surface area contributed by atoms with Crippen LogP contribution in [0.5, 0.6) is 0 Å². The third-order valence-corrected chi connectivity index (χ3v) is 26.0. The predicted molar refractivity (Wildman–Crippen MR) is 334 cm³/mol. The molecule has 368 valence electrons. The second-order valence-corrected chi connectivity index (χ2v) is 29.9. The van der Waals surface area contributed by atoms with Gasteiger partial charge < -0.3 is 4.90 Å². The number of anilines is 3. The molecule has 0 radical (unpaired) electrons. The zero-order valence-corrected chi connectivity index (χ0v) is 45.7. The molecule has 0 amide bonds. The normalized spacial score (nSPS) is 14.3. The molecule has 0 N–H and O–H groups in total. The number of fused-ring (bicyclic) bond motifs is 9. The van der Waals surface area contributed by atoms with Crippen molar-refractivity contribution < 1.29 is 0 Å². The van der Waals surface area contributed by atoms with Gasteiger partial charge in [-0.25, -0.2) is 0 Å². The molecule has 0 unspecified atom stereocenters. The highest BCUT2D eigenvalue weighted by atomic mass is 28.3. The van der Waals surface area contributed by atoms with Gasteiger partial charge in [-0.05, 0) is 140 Å². The van der Waals surface area contributed by atoms with Crippen LogP contribution in [-0.2, 0) is 5.41 Å². The van der Waals surface area contributed by atoms with Crippen LogP contribution in [0.4, 0.5) is 17.1 Å². The largest absolute Gasteiger partial charge is 0.310 e. The Labute approximate surface area is 460 Å². The number of hydrogen-bond acceptors (Lipinski definition) is 1. The van der Waals surface area contributed by atoms with Gasteiger partial charge in [0.1, 0.15) is 8.07 Å². The topological polar surface area (TPSA) is 3.24 Å². The number of hydrogen-bond donors (Lipinski definition) is 0. The molecule has 0 bridgehead atoms. The summed E-state index contributed by atoms with van der Waals surface area (Å²) in [5, 5.41) is 8.68. The lowest BCUT2D eigenvalue weighted by atomic mass is 9.67. The minimum atomic E-state index is -2.73. The average Bonchev–Trinajstić information content (AvgIpc) is 4.29. The zero-order valence-electron chi connectivity index (χ0n) is 43.7. The van der Waals surface area contributed by atoms with Gasteiger partial charge in [0.2, 0.25) is 0 Å². The first-order chi connectivity index (χ1) is 38.5. The summed E-state index contributed by atoms with van der Waals surface area (Å²) in [6.45, 7) is 5.05. The molecule has 3 aliphatic rings. The highest BCUT2D eigenvalue weighted by Gasteiger charge is 2.49. The van der Waals surface area contributed by atoms with Crippen LogP contribution in [0, 0.1) is 0 Å². The lowest BCUT2D eigenvalue weighted by molar-refractivity contribution is 0.768. The van der Waals surface area contributed by atoms with E-state index in [1.54, 1.807) is 0 Å². The smallest absolute Gasteiger partial charge is 0.180 e. The molecule has 1 aliphatic carbocycles. The van der Waals surface area contributed by atoms with Gasteiger partial charge in [-0.3, -0.25) is 0 Å². The molecule has 2 aliphatic heterocycles. The van der Waals surface area contributed by atoms with E-state index in [9.17, 15) is 0 Å². The molecule has 2 heterocycles. The Bertz CT molecular complexity index is 4210. The van der Waals surface area contributed by atoms with Gasteiger partial charge in [-0.2, -0.15) is 0 Å². The first kappa shape index (κ1) is 46.2. The Hall–Kier alpha value is -9.13. The van der Waals surface area contributed by atoms with Crippen LogP contribution in [0.15, 0.2) is 297 Å². The summed E-state index contributed by atoms with van der Waals surface area (Å²) in [6.07, 6.45) is 0. The maximum atomic E-state index is 2.57. The van der Waals surface area contributed by atoms with Crippen LogP contribution in [0.3, 0.4) is 0 Å². The van der Waals surface area contributed by atoms with Gasteiger partial charge in [-0.15, -0.1) is 0 Å². The van der Waals surface area contributed by atoms with Gasteiger partial charge in [0, 0.05) is 16.9 Å². The van der Waals surface area contributed by atoms with Crippen LogP contribution in [0.25, 0.3) is 55.6 Å². The Morgan fingerprint density at radius 2 is 0.744 bits per heavy atom. The van der Waals surface area contributed by atoms with Gasteiger partial charge >= 0.3 is 0 Å². The van der Waals surface area contributed by atoms with Crippen LogP contribution in [0.2, 0.25) is 13.1 Å². The van der Waals surface area contributed by atoms with E-state index in [0.29, 0.717) is 0 Å². The van der Waals surface area contributed by atoms with Crippen molar-refractivity contribution in [1.29, 1.82) is 0 Å². The molecule has 12 aromatic rings. The zero-order chi connectivity index (χ0) is 52.0. The molecule has 0 spiro atoms. The number of rotatable bonds is 9. The molecule has 0 saturated carbocycles. The second-order valence-electron chi connectivity index (χ2n) is 21.9. The summed E-state index contributed by atoms with van der Waals surface area (Å²) in [4.78, 5) is 2.57. The van der Waals surface area contributed by atoms with Crippen molar-refractivity contribution in [3.8, 4) is 55.6 Å². The fourth-order valence-electron chi connectivity index (χ4n) is 14.2. The third-order valence-electron chi connectivity index (χ3n) is 17.6. The second kappa shape index (κ2) is 18.0. The Balaban J connectivity index is 0.969. The fraction of sp³-hybridized carbons (Fsp3) is 0.0400. The minimum absolute atomic E-state index is 0.553. The molecule has 78 heavy (non-hydrogen) atoms. The summed E-state index contributed by atoms with van der Waals surface area (Å²) < 4.78 is 0. The third kappa shape index (κ3) is 6.72. The van der Waals surface area contributed by atoms with Gasteiger partial charge in [-0.1, -0.05) is 274 Å². The van der Waals surface area contributed by atoms with Crippen LogP contribution < -0.4 is 36.0 Å². The highest BCUT2D eigenvalue weighted by molar-refractivity contribution is 7.22. The Kier molecular flexibility index (Phi) is 10.7. The van der Waals surface area contributed by atoms with E-state index in [1.165, 1.54) is 109 Å². The van der Waals surface area contributed by atoms with Crippen molar-refractivity contribution >= 4 is 64.3 Å². The molecule has 0 fully saturated rings. The molecular weight excluding hydrogens is 971 g/mol. The van der Waals surface area contributed by atoms with Crippen LogP contribution in [-0.4, -0.2) is 16.1 Å². The van der Waals surface area contributed by atoms with Crippen LogP contribution in [0.1, 0.15) is 22.3 Å². The molecular formula is C75H55NSi2. The van der Waals surface area contributed by atoms with Gasteiger partial charge in [0.25, 0.3) is 0 Å². The van der Waals surface area contributed by atoms with Crippen molar-refractivity contribution in [3.63, 3.8) is 0 Å². The van der Waals surface area contributed by atoms with E-state index in [2.05, 4.69) is 315 Å². The van der Waals surface area contributed by atoms with E-state index < -0.39 is 21.6 Å². The fourth-order valence-corrected chi connectivity index (χ4v) is 22.5. The Morgan fingerprint density at radius 1 is 0.282 bits per heavy atom. The maximum absolute atomic E-state index is 2.73. The number of nitrogens with zero attached hydrogens (tertiary/aromatic N) is 1. The van der Waals surface area contributed by atoms with E-state index in [1.807, 2.05) is 0 Å². The molecule has 0 atom stereocenters. The minimum Gasteiger partial charge on any atom is -0.310 e. The van der Waals surface area contributed by atoms with Gasteiger partial charge in [0.05, 0.1) is 11.1 Å². The van der Waals surface area contributed by atoms with Crippen molar-refractivity contribution in [1.82, 2.24) is 0 Å². The first-order valence-electron chi connectivity index (χ1n) is 27.4. The highest BCUT2D eigenvalue weighted by Crippen LogP contribution is 2.57. The average molecular weight is 1030 g/mol. The summed E-state index contributed by atoms with van der Waals surface area (Å²) in [5.41, 5.74) is 20.7. The Morgan fingerprint density at radius 3 is 1.40 bits per heavy atom. The van der Waals surface area contributed by atoms with Crippen molar-refractivity contribution in [3.05, 3.63) is 320 Å². The van der Waals surface area contributed by atoms with E-state index in [-0.39, 0.29) is 0 Å². The standard InChI is InChI=1S/C75H55NSi2/c1-77(2)71-39-20-16-35-63(71)66-46-44-58(51-74(66)77)76(57-43-45-62-61-34-15-19-38-68(61)75(69(62)50-57,55-27-9-4-10-28-55)56-29-11-5-12-30-56)70-47-42-54(49-67(70)52-24-7-3-8-25-52)53-26-23-33-60(48-53)78(59-31-13-6-14-32-59)72-40-21-17-36-64(72)65-37-18-22-41-73(65)78/h3-51H,1-2H3. The summed E-state index contributed by atoms with van der Waals surface area (Å²) in [6, 6.07) is 113. The lowest BCUT2D eigenvalue weighted by Crippen LogP contribution is -2.72. The first-order valence-corrected chi connectivity index (χ1v) is 32.4. The molecule has 1 nitrogen and oxygen atoms in total. The van der Waals surface area contributed by atoms with E-state index >= 15 is 0 Å². The van der Waals surface area contributed by atoms with Crippen LogP contribution >= 0.6 is 0 Å². The van der Waals surface area contributed by atoms with Gasteiger partial charge in [0.15, 0.2) is 8.07 Å². The molecule has 0 aromatic heterocycles. The maximum Gasteiger partial charge on any atom is 0.180 e. The summed E-state index contributed by atoms with van der Waals surface area (Å²) in [7, 11) is -4.80. The SMILES string of the molecule is C[Si]1(C)c2ccccc2-c2ccc(N(c3ccc4c(c3)C(c3ccccc3)(c3ccccc3)c3ccccc3-4)c3ccc(-c4cccc([Si]5(c6ccccc6)c6ccccc6-c6ccccc65)c4)cc3-c3ccccc3)cc21. The monoisotopic (exact) mass is 1030 g/mol. The number of benzene rings is 12. The van der Waals surface area contributed by atoms with E-state index in [0.717, 1.165) is 17.1 Å². The lowest BCUT2D eigenvalue weighted by Gasteiger charge is -2.35. The predicted octanol–water partition coefficient (Wildman–Crippen LogP) is 15.0.